The highest BCUT2D eigenvalue weighted by molar-refractivity contribution is 7.07. The van der Waals surface area contributed by atoms with Gasteiger partial charge < -0.3 is 21.1 Å². The topological polar surface area (TPSA) is 99.4 Å². The molecule has 0 radical (unpaired) electrons. The summed E-state index contributed by atoms with van der Waals surface area (Å²) < 4.78 is 1.85. The number of hydrogen-bond donors (Lipinski definition) is 4. The Kier molecular flexibility index (Phi) is 5.74. The van der Waals surface area contributed by atoms with Crippen LogP contribution in [0.2, 0.25) is 0 Å². The van der Waals surface area contributed by atoms with Crippen LogP contribution in [0.1, 0.15) is 37.4 Å². The number of rotatable bonds is 7. The quantitative estimate of drug-likeness (QED) is 0.482. The van der Waals surface area contributed by atoms with Crippen LogP contribution in [0.15, 0.2) is 23.2 Å². The van der Waals surface area contributed by atoms with Crippen molar-refractivity contribution in [2.24, 2.45) is 5.92 Å². The summed E-state index contributed by atoms with van der Waals surface area (Å²) in [4.78, 5) is 9.14. The smallest absolute Gasteiger partial charge is 0.163 e. The Balaban J connectivity index is 1.58. The number of aliphatic hydroxyl groups excluding tert-OH is 1. The van der Waals surface area contributed by atoms with Crippen molar-refractivity contribution in [3.05, 3.63) is 34.4 Å². The third-order valence-corrected chi connectivity index (χ3v) is 5.83. The van der Waals surface area contributed by atoms with Crippen molar-refractivity contribution in [3.63, 3.8) is 0 Å². The normalized spacial score (nSPS) is 20.0. The summed E-state index contributed by atoms with van der Waals surface area (Å²) in [6.45, 7) is 7.21. The van der Waals surface area contributed by atoms with E-state index in [1.807, 2.05) is 27.7 Å². The zero-order valence-corrected chi connectivity index (χ0v) is 17.0. The Morgan fingerprint density at radius 2 is 2.29 bits per heavy atom. The Morgan fingerprint density at radius 1 is 1.39 bits per heavy atom. The summed E-state index contributed by atoms with van der Waals surface area (Å²) in [5.41, 5.74) is 4.80. The first-order valence-corrected chi connectivity index (χ1v) is 10.7. The van der Waals surface area contributed by atoms with Gasteiger partial charge in [-0.25, -0.2) is 9.97 Å². The molecule has 4 N–H and O–H groups in total. The van der Waals surface area contributed by atoms with E-state index in [1.165, 1.54) is 0 Å². The molecule has 1 aliphatic heterocycles. The van der Waals surface area contributed by atoms with Crippen molar-refractivity contribution < 1.29 is 5.11 Å². The average Bonchev–Trinajstić information content (AvgIpc) is 3.35. The van der Waals surface area contributed by atoms with Gasteiger partial charge in [0.15, 0.2) is 5.65 Å². The summed E-state index contributed by atoms with van der Waals surface area (Å²) in [7, 11) is 0. The Morgan fingerprint density at radius 3 is 3.04 bits per heavy atom. The Bertz CT molecular complexity index is 909. The third-order valence-electron chi connectivity index (χ3n) is 5.19. The molecule has 0 aliphatic carbocycles. The number of anilines is 2. The van der Waals surface area contributed by atoms with Crippen LogP contribution in [0.4, 0.5) is 11.6 Å². The molecule has 0 saturated carbocycles. The lowest BCUT2D eigenvalue weighted by atomic mass is 9.95. The maximum Gasteiger partial charge on any atom is 0.163 e. The van der Waals surface area contributed by atoms with E-state index in [1.54, 1.807) is 11.3 Å². The van der Waals surface area contributed by atoms with Crippen LogP contribution in [-0.4, -0.2) is 50.4 Å². The predicted octanol–water partition coefficient (Wildman–Crippen LogP) is 2.30. The molecule has 28 heavy (non-hydrogen) atoms. The number of aromatic nitrogens is 4. The maximum atomic E-state index is 10.2. The molecule has 4 heterocycles. The molecular formula is C19H27N7OS. The number of nitrogens with zero attached hydrogens (tertiary/aromatic N) is 4. The lowest BCUT2D eigenvalue weighted by Gasteiger charge is -2.28. The summed E-state index contributed by atoms with van der Waals surface area (Å²) in [6, 6.07) is 1.98. The zero-order chi connectivity index (χ0) is 19.5. The van der Waals surface area contributed by atoms with Crippen molar-refractivity contribution in [1.82, 2.24) is 24.9 Å². The predicted molar refractivity (Wildman–Crippen MR) is 112 cm³/mol. The molecule has 4 rings (SSSR count). The molecule has 0 unspecified atom stereocenters. The van der Waals surface area contributed by atoms with Crippen LogP contribution >= 0.6 is 11.3 Å². The van der Waals surface area contributed by atoms with E-state index in [-0.39, 0.29) is 12.0 Å². The SMILES string of the molecule is CC(C)c1cnn2c(NCc3cscn3)cc(NC[C@H]3CCNC[C@@H]3O)nc12. The van der Waals surface area contributed by atoms with Gasteiger partial charge in [-0.05, 0) is 18.9 Å². The van der Waals surface area contributed by atoms with Crippen molar-refractivity contribution >= 4 is 28.6 Å². The molecule has 1 fully saturated rings. The van der Waals surface area contributed by atoms with E-state index in [0.29, 0.717) is 25.6 Å². The lowest BCUT2D eigenvalue weighted by molar-refractivity contribution is 0.0883. The largest absolute Gasteiger partial charge is 0.391 e. The van der Waals surface area contributed by atoms with Gasteiger partial charge in [0.05, 0.1) is 30.1 Å². The van der Waals surface area contributed by atoms with E-state index >= 15 is 0 Å². The highest BCUT2D eigenvalue weighted by Crippen LogP contribution is 2.25. The van der Waals surface area contributed by atoms with E-state index in [4.69, 9.17) is 4.98 Å². The monoisotopic (exact) mass is 401 g/mol. The number of fused-ring (bicyclic) bond motifs is 1. The summed E-state index contributed by atoms with van der Waals surface area (Å²) in [6.07, 6.45) is 2.52. The van der Waals surface area contributed by atoms with Gasteiger partial charge in [0.25, 0.3) is 0 Å². The molecule has 2 atom stereocenters. The number of thiazole rings is 1. The maximum absolute atomic E-state index is 10.2. The first-order chi connectivity index (χ1) is 13.6. The summed E-state index contributed by atoms with van der Waals surface area (Å²) >= 11 is 1.59. The van der Waals surface area contributed by atoms with Crippen LogP contribution in [0.3, 0.4) is 0 Å². The van der Waals surface area contributed by atoms with Crippen LogP contribution in [0.25, 0.3) is 5.65 Å². The molecule has 9 heteroatoms. The van der Waals surface area contributed by atoms with Crippen LogP contribution in [0.5, 0.6) is 0 Å². The zero-order valence-electron chi connectivity index (χ0n) is 16.2. The summed E-state index contributed by atoms with van der Waals surface area (Å²) in [5.74, 6) is 2.22. The van der Waals surface area contributed by atoms with Gasteiger partial charge in [-0.15, -0.1) is 11.3 Å². The third kappa shape index (κ3) is 4.11. The second-order valence-electron chi connectivity index (χ2n) is 7.55. The fraction of sp³-hybridized carbons (Fsp3) is 0.526. The molecule has 0 bridgehead atoms. The number of hydrogen-bond acceptors (Lipinski definition) is 8. The number of aliphatic hydroxyl groups is 1. The van der Waals surface area contributed by atoms with Crippen LogP contribution < -0.4 is 16.0 Å². The van der Waals surface area contributed by atoms with E-state index < -0.39 is 0 Å². The number of piperidine rings is 1. The van der Waals surface area contributed by atoms with E-state index in [9.17, 15) is 5.11 Å². The standard InChI is InChI=1S/C19H27N7OS/c1-12(2)15-8-24-26-18(22-7-14-10-28-11-23-14)5-17(25-19(15)26)21-6-13-3-4-20-9-16(13)27/h5,8,10-13,16,20,22,27H,3-4,6-7,9H2,1-2H3,(H,21,25)/t13-,16+/m1/s1. The minimum atomic E-state index is -0.326. The number of nitrogens with one attached hydrogen (secondary N) is 3. The fourth-order valence-corrected chi connectivity index (χ4v) is 4.04. The molecule has 0 aromatic carbocycles. The Labute approximate surface area is 168 Å². The van der Waals surface area contributed by atoms with E-state index in [2.05, 4.69) is 39.9 Å². The average molecular weight is 402 g/mol. The molecule has 150 valence electrons. The van der Waals surface area contributed by atoms with Gasteiger partial charge in [-0.2, -0.15) is 9.61 Å². The van der Waals surface area contributed by atoms with Crippen LogP contribution in [0, 0.1) is 5.92 Å². The minimum Gasteiger partial charge on any atom is -0.391 e. The van der Waals surface area contributed by atoms with E-state index in [0.717, 1.165) is 41.5 Å². The molecule has 1 aliphatic rings. The second-order valence-corrected chi connectivity index (χ2v) is 8.27. The van der Waals surface area contributed by atoms with Gasteiger partial charge in [-0.1, -0.05) is 13.8 Å². The van der Waals surface area contributed by atoms with Crippen molar-refractivity contribution in [2.75, 3.05) is 30.3 Å². The molecule has 3 aromatic heterocycles. The number of β-amino-alcohol motifs (C(OH)–C–C–N with tert-alkyl or cyclic N) is 1. The van der Waals surface area contributed by atoms with Crippen molar-refractivity contribution in [1.29, 1.82) is 0 Å². The van der Waals surface area contributed by atoms with Gasteiger partial charge in [0, 0.05) is 36.0 Å². The molecule has 0 amide bonds. The second kappa shape index (κ2) is 8.42. The fourth-order valence-electron chi connectivity index (χ4n) is 3.48. The molecule has 1 saturated heterocycles. The minimum absolute atomic E-state index is 0.222. The van der Waals surface area contributed by atoms with Crippen molar-refractivity contribution in [2.45, 2.75) is 38.8 Å². The highest BCUT2D eigenvalue weighted by Gasteiger charge is 2.23. The van der Waals surface area contributed by atoms with Crippen molar-refractivity contribution in [3.8, 4) is 0 Å². The van der Waals surface area contributed by atoms with Gasteiger partial charge in [0.2, 0.25) is 0 Å². The first kappa shape index (κ1) is 19.1. The lowest BCUT2D eigenvalue weighted by Crippen LogP contribution is -2.43. The van der Waals surface area contributed by atoms with Gasteiger partial charge in [-0.3, -0.25) is 0 Å². The molecule has 3 aromatic rings. The van der Waals surface area contributed by atoms with Gasteiger partial charge in [0.1, 0.15) is 11.6 Å². The highest BCUT2D eigenvalue weighted by atomic mass is 32.1. The molecule has 0 spiro atoms. The molecular weight excluding hydrogens is 374 g/mol. The first-order valence-electron chi connectivity index (χ1n) is 9.74. The Hall–Kier alpha value is -2.23. The van der Waals surface area contributed by atoms with Gasteiger partial charge >= 0.3 is 0 Å². The summed E-state index contributed by atoms with van der Waals surface area (Å²) in [5, 5.41) is 26.9. The molecule has 8 nitrogen and oxygen atoms in total. The van der Waals surface area contributed by atoms with Crippen LogP contribution in [-0.2, 0) is 6.54 Å².